The lowest BCUT2D eigenvalue weighted by molar-refractivity contribution is 0.0951. The van der Waals surface area contributed by atoms with Gasteiger partial charge in [0, 0.05) is 5.56 Å². The van der Waals surface area contributed by atoms with Crippen molar-refractivity contribution in [2.75, 3.05) is 13.2 Å². The van der Waals surface area contributed by atoms with E-state index in [-0.39, 0.29) is 5.91 Å². The summed E-state index contributed by atoms with van der Waals surface area (Å²) in [6.07, 6.45) is 3.21. The van der Waals surface area contributed by atoms with Gasteiger partial charge >= 0.3 is 0 Å². The SMILES string of the molecule is C=CCOc1ccccc1/C=N\NC(=O)c1ccccc1OCC. The monoisotopic (exact) mass is 324 g/mol. The number of para-hydroxylation sites is 2. The molecule has 0 atom stereocenters. The Morgan fingerprint density at radius 3 is 2.58 bits per heavy atom. The van der Waals surface area contributed by atoms with Gasteiger partial charge in [0.1, 0.15) is 18.1 Å². The predicted octanol–water partition coefficient (Wildman–Crippen LogP) is 3.41. The molecule has 0 saturated heterocycles. The van der Waals surface area contributed by atoms with Crippen LogP contribution in [0.4, 0.5) is 0 Å². The minimum atomic E-state index is -0.334. The molecule has 0 saturated carbocycles. The lowest BCUT2D eigenvalue weighted by Crippen LogP contribution is -2.18. The Morgan fingerprint density at radius 2 is 1.83 bits per heavy atom. The number of carbonyl (C=O) groups excluding carboxylic acids is 1. The molecule has 2 aromatic rings. The van der Waals surface area contributed by atoms with E-state index in [2.05, 4.69) is 17.1 Å². The largest absolute Gasteiger partial charge is 0.493 e. The molecular formula is C19H20N2O3. The smallest absolute Gasteiger partial charge is 0.275 e. The Kier molecular flexibility index (Phi) is 6.58. The van der Waals surface area contributed by atoms with Crippen LogP contribution in [0.1, 0.15) is 22.8 Å². The number of hydrogen-bond donors (Lipinski definition) is 1. The molecule has 0 heterocycles. The van der Waals surface area contributed by atoms with E-state index >= 15 is 0 Å². The maximum Gasteiger partial charge on any atom is 0.275 e. The first-order valence-electron chi connectivity index (χ1n) is 7.64. The standard InChI is InChI=1S/C19H20N2O3/c1-3-13-24-17-11-7-5-9-15(17)14-20-21-19(22)16-10-6-8-12-18(16)23-4-2/h3,5-12,14H,1,4,13H2,2H3,(H,21,22)/b20-14-. The van der Waals surface area contributed by atoms with Crippen LogP contribution in [-0.4, -0.2) is 25.3 Å². The van der Waals surface area contributed by atoms with Crippen molar-refractivity contribution in [3.8, 4) is 11.5 Å². The third-order valence-electron chi connectivity index (χ3n) is 3.08. The van der Waals surface area contributed by atoms with E-state index in [1.807, 2.05) is 37.3 Å². The Morgan fingerprint density at radius 1 is 1.12 bits per heavy atom. The fraction of sp³-hybridized carbons (Fsp3) is 0.158. The molecule has 124 valence electrons. The van der Waals surface area contributed by atoms with Crippen molar-refractivity contribution in [3.05, 3.63) is 72.3 Å². The number of nitrogens with zero attached hydrogens (tertiary/aromatic N) is 1. The average molecular weight is 324 g/mol. The van der Waals surface area contributed by atoms with Gasteiger partial charge in [-0.15, -0.1) is 0 Å². The summed E-state index contributed by atoms with van der Waals surface area (Å²) in [5, 5.41) is 4.00. The topological polar surface area (TPSA) is 59.9 Å². The van der Waals surface area contributed by atoms with Crippen LogP contribution in [0.25, 0.3) is 0 Å². The summed E-state index contributed by atoms with van der Waals surface area (Å²) < 4.78 is 11.0. The molecule has 0 aliphatic heterocycles. The number of ether oxygens (including phenoxy) is 2. The number of hydrazone groups is 1. The Labute approximate surface area is 141 Å². The van der Waals surface area contributed by atoms with E-state index in [1.165, 1.54) is 0 Å². The summed E-state index contributed by atoms with van der Waals surface area (Å²) in [6, 6.07) is 14.5. The number of rotatable bonds is 8. The van der Waals surface area contributed by atoms with Gasteiger partial charge in [0.25, 0.3) is 5.91 Å². The molecule has 1 amide bonds. The minimum Gasteiger partial charge on any atom is -0.493 e. The molecule has 5 nitrogen and oxygen atoms in total. The van der Waals surface area contributed by atoms with Gasteiger partial charge in [0.2, 0.25) is 0 Å². The molecular weight excluding hydrogens is 304 g/mol. The highest BCUT2D eigenvalue weighted by molar-refractivity contribution is 5.97. The first kappa shape index (κ1) is 17.3. The molecule has 2 rings (SSSR count). The second-order valence-corrected chi connectivity index (χ2v) is 4.77. The van der Waals surface area contributed by atoms with Gasteiger partial charge in [-0.05, 0) is 31.2 Å². The number of carbonyl (C=O) groups is 1. The quantitative estimate of drug-likeness (QED) is 0.460. The van der Waals surface area contributed by atoms with E-state index in [0.29, 0.717) is 30.3 Å². The van der Waals surface area contributed by atoms with Gasteiger partial charge in [0.15, 0.2) is 0 Å². The lowest BCUT2D eigenvalue weighted by Gasteiger charge is -2.08. The zero-order chi connectivity index (χ0) is 17.2. The van der Waals surface area contributed by atoms with Crippen molar-refractivity contribution >= 4 is 12.1 Å². The van der Waals surface area contributed by atoms with Gasteiger partial charge < -0.3 is 9.47 Å². The molecule has 0 radical (unpaired) electrons. The van der Waals surface area contributed by atoms with Crippen molar-refractivity contribution in [2.45, 2.75) is 6.92 Å². The van der Waals surface area contributed by atoms with Crippen LogP contribution in [0, 0.1) is 0 Å². The van der Waals surface area contributed by atoms with Crippen LogP contribution in [0.5, 0.6) is 11.5 Å². The molecule has 24 heavy (non-hydrogen) atoms. The fourth-order valence-electron chi connectivity index (χ4n) is 2.02. The van der Waals surface area contributed by atoms with E-state index in [1.54, 1.807) is 30.5 Å². The van der Waals surface area contributed by atoms with Crippen molar-refractivity contribution in [1.82, 2.24) is 5.43 Å². The van der Waals surface area contributed by atoms with E-state index in [0.717, 1.165) is 5.56 Å². The predicted molar refractivity (Wildman–Crippen MR) is 94.8 cm³/mol. The van der Waals surface area contributed by atoms with Gasteiger partial charge in [-0.3, -0.25) is 4.79 Å². The second-order valence-electron chi connectivity index (χ2n) is 4.77. The molecule has 0 fully saturated rings. The first-order chi connectivity index (χ1) is 11.8. The zero-order valence-electron chi connectivity index (χ0n) is 13.6. The molecule has 0 unspecified atom stereocenters. The molecule has 0 aliphatic rings. The van der Waals surface area contributed by atoms with Crippen LogP contribution in [0.2, 0.25) is 0 Å². The van der Waals surface area contributed by atoms with Gasteiger partial charge in [-0.2, -0.15) is 5.10 Å². The van der Waals surface area contributed by atoms with Crippen molar-refractivity contribution in [3.63, 3.8) is 0 Å². The van der Waals surface area contributed by atoms with E-state index in [9.17, 15) is 4.79 Å². The highest BCUT2D eigenvalue weighted by atomic mass is 16.5. The summed E-state index contributed by atoms with van der Waals surface area (Å²) in [5.41, 5.74) is 3.70. The third-order valence-corrected chi connectivity index (χ3v) is 3.08. The summed E-state index contributed by atoms with van der Waals surface area (Å²) in [4.78, 5) is 12.2. The van der Waals surface area contributed by atoms with Crippen LogP contribution in [0.3, 0.4) is 0 Å². The highest BCUT2D eigenvalue weighted by Gasteiger charge is 2.10. The maximum absolute atomic E-state index is 12.2. The second kappa shape index (κ2) is 9.15. The number of hydrogen-bond acceptors (Lipinski definition) is 4. The van der Waals surface area contributed by atoms with E-state index < -0.39 is 0 Å². The zero-order valence-corrected chi connectivity index (χ0v) is 13.6. The summed E-state index contributed by atoms with van der Waals surface area (Å²) >= 11 is 0. The van der Waals surface area contributed by atoms with Gasteiger partial charge in [0.05, 0.1) is 18.4 Å². The molecule has 5 heteroatoms. The first-order valence-corrected chi connectivity index (χ1v) is 7.64. The summed E-state index contributed by atoms with van der Waals surface area (Å²) in [5.74, 6) is 0.868. The molecule has 2 aromatic carbocycles. The molecule has 0 spiro atoms. The van der Waals surface area contributed by atoms with Crippen LogP contribution >= 0.6 is 0 Å². The van der Waals surface area contributed by atoms with Crippen LogP contribution in [0.15, 0.2) is 66.3 Å². The number of nitrogens with one attached hydrogen (secondary N) is 1. The normalized spacial score (nSPS) is 10.4. The molecule has 0 aliphatic carbocycles. The van der Waals surface area contributed by atoms with Crippen LogP contribution in [-0.2, 0) is 0 Å². The molecule has 1 N–H and O–H groups in total. The fourth-order valence-corrected chi connectivity index (χ4v) is 2.02. The Bertz CT molecular complexity index is 726. The van der Waals surface area contributed by atoms with Gasteiger partial charge in [-0.1, -0.05) is 36.9 Å². The number of amides is 1. The number of benzene rings is 2. The molecule has 0 bridgehead atoms. The summed E-state index contributed by atoms with van der Waals surface area (Å²) in [6.45, 7) is 6.38. The van der Waals surface area contributed by atoms with Crippen molar-refractivity contribution in [2.24, 2.45) is 5.10 Å². The Balaban J connectivity index is 2.07. The Hall–Kier alpha value is -3.08. The third kappa shape index (κ3) is 4.71. The van der Waals surface area contributed by atoms with Crippen molar-refractivity contribution < 1.29 is 14.3 Å². The van der Waals surface area contributed by atoms with Crippen LogP contribution < -0.4 is 14.9 Å². The maximum atomic E-state index is 12.2. The van der Waals surface area contributed by atoms with E-state index in [4.69, 9.17) is 9.47 Å². The highest BCUT2D eigenvalue weighted by Crippen LogP contribution is 2.18. The average Bonchev–Trinajstić information content (AvgIpc) is 2.61. The lowest BCUT2D eigenvalue weighted by atomic mass is 10.2. The van der Waals surface area contributed by atoms with Crippen molar-refractivity contribution in [1.29, 1.82) is 0 Å². The summed E-state index contributed by atoms with van der Waals surface area (Å²) in [7, 11) is 0. The minimum absolute atomic E-state index is 0.334. The molecule has 0 aromatic heterocycles. The van der Waals surface area contributed by atoms with Gasteiger partial charge in [-0.25, -0.2) is 5.43 Å².